The molecule has 0 amide bonds. The molecule has 82 valence electrons. The molecule has 1 saturated carbocycles. The Hall–Kier alpha value is -0.930. The van der Waals surface area contributed by atoms with Crippen LogP contribution in [0.4, 0.5) is 0 Å². The molecule has 0 radical (unpaired) electrons. The van der Waals surface area contributed by atoms with E-state index in [1.165, 1.54) is 0 Å². The third-order valence-corrected chi connectivity index (χ3v) is 3.44. The predicted molar refractivity (Wildman–Crippen MR) is 59.1 cm³/mol. The fourth-order valence-electron chi connectivity index (χ4n) is 2.23. The molecule has 15 heavy (non-hydrogen) atoms. The van der Waals surface area contributed by atoms with E-state index in [2.05, 4.69) is 0 Å². The average Bonchev–Trinajstić information content (AvgIpc) is 2.62. The predicted octanol–water partition coefficient (Wildman–Crippen LogP) is 2.48. The molecule has 4 heteroatoms. The first kappa shape index (κ1) is 10.6. The highest BCUT2D eigenvalue weighted by atomic mass is 35.5. The van der Waals surface area contributed by atoms with Crippen LogP contribution in [0.3, 0.4) is 0 Å². The zero-order chi connectivity index (χ0) is 11.1. The lowest BCUT2D eigenvalue weighted by Gasteiger charge is -2.25. The second-order valence-electron chi connectivity index (χ2n) is 4.16. The summed E-state index contributed by atoms with van der Waals surface area (Å²) in [7, 11) is 0. The lowest BCUT2D eigenvalue weighted by atomic mass is 9.88. The van der Waals surface area contributed by atoms with E-state index < -0.39 is 5.54 Å². The average molecular weight is 228 g/mol. The second-order valence-corrected chi connectivity index (χ2v) is 4.56. The fraction of sp³-hybridized carbons (Fsp3) is 0.455. The van der Waals surface area contributed by atoms with Crippen molar-refractivity contribution in [1.29, 1.82) is 0 Å². The summed E-state index contributed by atoms with van der Waals surface area (Å²) >= 11 is 5.69. The van der Waals surface area contributed by atoms with E-state index in [1.807, 2.05) is 0 Å². The van der Waals surface area contributed by atoms with Gasteiger partial charge >= 0.3 is 0 Å². The minimum atomic E-state index is -0.508. The van der Waals surface area contributed by atoms with Crippen LogP contribution in [0.1, 0.15) is 31.2 Å². The Balaban J connectivity index is 2.49. The molecule has 0 saturated heterocycles. The number of benzene rings is 1. The SMILES string of the molecule is NC1(c2ccc(Cl)c(O)c2O)CCCC1. The molecule has 0 aliphatic heterocycles. The maximum absolute atomic E-state index is 9.79. The summed E-state index contributed by atoms with van der Waals surface area (Å²) < 4.78 is 0. The van der Waals surface area contributed by atoms with E-state index in [0.29, 0.717) is 5.56 Å². The fourth-order valence-corrected chi connectivity index (χ4v) is 2.38. The van der Waals surface area contributed by atoms with Crippen molar-refractivity contribution in [1.82, 2.24) is 0 Å². The summed E-state index contributed by atoms with van der Waals surface area (Å²) in [6.07, 6.45) is 3.78. The first-order valence-corrected chi connectivity index (χ1v) is 5.42. The quantitative estimate of drug-likeness (QED) is 0.646. The topological polar surface area (TPSA) is 66.5 Å². The molecule has 2 rings (SSSR count). The smallest absolute Gasteiger partial charge is 0.176 e. The van der Waals surface area contributed by atoms with Crippen LogP contribution in [0, 0.1) is 0 Å². The first-order chi connectivity index (χ1) is 7.04. The standard InChI is InChI=1S/C11H14ClNO2/c12-8-4-3-7(9(14)10(8)15)11(13)5-1-2-6-11/h3-4,14-15H,1-2,5-6,13H2. The lowest BCUT2D eigenvalue weighted by molar-refractivity contribution is 0.373. The molecular formula is C11H14ClNO2. The number of hydrogen-bond acceptors (Lipinski definition) is 3. The summed E-state index contributed by atoms with van der Waals surface area (Å²) in [5.41, 5.74) is 6.28. The van der Waals surface area contributed by atoms with Crippen molar-refractivity contribution in [3.63, 3.8) is 0 Å². The van der Waals surface area contributed by atoms with Crippen LogP contribution < -0.4 is 5.73 Å². The van der Waals surface area contributed by atoms with Crippen molar-refractivity contribution < 1.29 is 10.2 Å². The van der Waals surface area contributed by atoms with Gasteiger partial charge in [-0.3, -0.25) is 0 Å². The van der Waals surface area contributed by atoms with Gasteiger partial charge in [-0.05, 0) is 18.9 Å². The largest absolute Gasteiger partial charge is 0.504 e. The Kier molecular flexibility index (Phi) is 2.52. The Morgan fingerprint density at radius 1 is 1.13 bits per heavy atom. The third kappa shape index (κ3) is 1.66. The maximum atomic E-state index is 9.79. The summed E-state index contributed by atoms with van der Waals surface area (Å²) in [4.78, 5) is 0. The van der Waals surface area contributed by atoms with Gasteiger partial charge in [0, 0.05) is 11.1 Å². The van der Waals surface area contributed by atoms with Crippen LogP contribution in [-0.2, 0) is 5.54 Å². The van der Waals surface area contributed by atoms with Gasteiger partial charge in [0.15, 0.2) is 11.5 Å². The first-order valence-electron chi connectivity index (χ1n) is 5.04. The highest BCUT2D eigenvalue weighted by Gasteiger charge is 2.34. The molecule has 0 heterocycles. The van der Waals surface area contributed by atoms with Crippen LogP contribution >= 0.6 is 11.6 Å². The number of nitrogens with two attached hydrogens (primary N) is 1. The minimum absolute atomic E-state index is 0.151. The molecule has 3 nitrogen and oxygen atoms in total. The zero-order valence-electron chi connectivity index (χ0n) is 8.33. The molecule has 1 aliphatic rings. The van der Waals surface area contributed by atoms with Gasteiger partial charge in [0.05, 0.1) is 5.02 Å². The summed E-state index contributed by atoms with van der Waals surface area (Å²) in [5, 5.41) is 19.5. The van der Waals surface area contributed by atoms with Gasteiger partial charge in [-0.2, -0.15) is 0 Å². The van der Waals surface area contributed by atoms with E-state index in [1.54, 1.807) is 12.1 Å². The molecule has 1 aromatic rings. The molecule has 0 aromatic heterocycles. The number of aromatic hydroxyl groups is 2. The maximum Gasteiger partial charge on any atom is 0.176 e. The number of rotatable bonds is 1. The van der Waals surface area contributed by atoms with Crippen molar-refractivity contribution in [2.45, 2.75) is 31.2 Å². The van der Waals surface area contributed by atoms with Crippen molar-refractivity contribution in [2.75, 3.05) is 0 Å². The van der Waals surface area contributed by atoms with E-state index in [0.717, 1.165) is 25.7 Å². The lowest BCUT2D eigenvalue weighted by Crippen LogP contribution is -2.33. The summed E-state index contributed by atoms with van der Waals surface area (Å²) in [6.45, 7) is 0. The molecule has 4 N–H and O–H groups in total. The van der Waals surface area contributed by atoms with E-state index >= 15 is 0 Å². The van der Waals surface area contributed by atoms with Crippen molar-refractivity contribution in [3.05, 3.63) is 22.7 Å². The van der Waals surface area contributed by atoms with Gasteiger partial charge in [-0.1, -0.05) is 30.5 Å². The number of phenols is 2. The normalized spacial score (nSPS) is 19.3. The summed E-state index contributed by atoms with van der Waals surface area (Å²) in [6, 6.07) is 3.27. The van der Waals surface area contributed by atoms with Crippen LogP contribution in [0.25, 0.3) is 0 Å². The van der Waals surface area contributed by atoms with Gasteiger partial charge in [0.25, 0.3) is 0 Å². The van der Waals surface area contributed by atoms with Crippen LogP contribution in [0.5, 0.6) is 11.5 Å². The molecular weight excluding hydrogens is 214 g/mol. The Morgan fingerprint density at radius 2 is 1.73 bits per heavy atom. The van der Waals surface area contributed by atoms with E-state index in [-0.39, 0.29) is 16.5 Å². The second kappa shape index (κ2) is 3.58. The Morgan fingerprint density at radius 3 is 2.33 bits per heavy atom. The summed E-state index contributed by atoms with van der Waals surface area (Å²) in [5.74, 6) is -0.446. The van der Waals surface area contributed by atoms with Gasteiger partial charge in [0.1, 0.15) is 0 Å². The van der Waals surface area contributed by atoms with Gasteiger partial charge in [-0.15, -0.1) is 0 Å². The van der Waals surface area contributed by atoms with Gasteiger partial charge in [-0.25, -0.2) is 0 Å². The third-order valence-electron chi connectivity index (χ3n) is 3.13. The van der Waals surface area contributed by atoms with Crippen LogP contribution in [0.2, 0.25) is 5.02 Å². The van der Waals surface area contributed by atoms with E-state index in [4.69, 9.17) is 17.3 Å². The highest BCUT2D eigenvalue weighted by molar-refractivity contribution is 6.32. The van der Waals surface area contributed by atoms with Crippen molar-refractivity contribution in [3.8, 4) is 11.5 Å². The molecule has 1 fully saturated rings. The Bertz CT molecular complexity index is 386. The zero-order valence-corrected chi connectivity index (χ0v) is 9.09. The van der Waals surface area contributed by atoms with Crippen molar-refractivity contribution >= 4 is 11.6 Å². The Labute approximate surface area is 93.5 Å². The monoisotopic (exact) mass is 227 g/mol. The molecule has 0 unspecified atom stereocenters. The molecule has 0 bridgehead atoms. The van der Waals surface area contributed by atoms with Crippen LogP contribution in [0.15, 0.2) is 12.1 Å². The minimum Gasteiger partial charge on any atom is -0.504 e. The molecule has 0 atom stereocenters. The number of phenolic OH excluding ortho intramolecular Hbond substituents is 2. The van der Waals surface area contributed by atoms with Gasteiger partial charge < -0.3 is 15.9 Å². The van der Waals surface area contributed by atoms with Crippen molar-refractivity contribution in [2.24, 2.45) is 5.73 Å². The number of halogens is 1. The molecule has 1 aromatic carbocycles. The highest BCUT2D eigenvalue weighted by Crippen LogP contribution is 2.45. The molecule has 1 aliphatic carbocycles. The van der Waals surface area contributed by atoms with E-state index in [9.17, 15) is 10.2 Å². The van der Waals surface area contributed by atoms with Crippen LogP contribution in [-0.4, -0.2) is 10.2 Å². The number of hydrogen-bond donors (Lipinski definition) is 3. The van der Waals surface area contributed by atoms with Gasteiger partial charge in [0.2, 0.25) is 0 Å². The molecule has 0 spiro atoms.